The maximum Gasteiger partial charge on any atom is 0.241 e. The molecule has 0 bridgehead atoms. The molecule has 0 aliphatic carbocycles. The van der Waals surface area contributed by atoms with E-state index in [-0.39, 0.29) is 17.5 Å². The van der Waals surface area contributed by atoms with E-state index in [0.29, 0.717) is 11.4 Å². The van der Waals surface area contributed by atoms with Crippen molar-refractivity contribution >= 4 is 21.6 Å². The van der Waals surface area contributed by atoms with Gasteiger partial charge in [0, 0.05) is 5.69 Å². The monoisotopic (exact) mass is 376 g/mol. The highest BCUT2D eigenvalue weighted by Crippen LogP contribution is 2.18. The predicted octanol–water partition coefficient (Wildman–Crippen LogP) is 3.01. The molecule has 6 nitrogen and oxygen atoms in total. The first-order chi connectivity index (χ1) is 12.2. The maximum absolute atomic E-state index is 12.3. The Labute approximate surface area is 154 Å². The number of sulfonamides is 1. The lowest BCUT2D eigenvalue weighted by molar-refractivity contribution is -0.115. The summed E-state index contributed by atoms with van der Waals surface area (Å²) in [5.41, 5.74) is 2.67. The van der Waals surface area contributed by atoms with Crippen LogP contribution >= 0.6 is 0 Å². The van der Waals surface area contributed by atoms with Gasteiger partial charge in [-0.05, 0) is 63.6 Å². The number of rotatable bonds is 7. The molecule has 0 saturated carbocycles. The number of hydrogen-bond donors (Lipinski definition) is 2. The van der Waals surface area contributed by atoms with Crippen LogP contribution in [-0.2, 0) is 14.8 Å². The van der Waals surface area contributed by atoms with Crippen molar-refractivity contribution in [3.8, 4) is 5.75 Å². The van der Waals surface area contributed by atoms with Crippen LogP contribution in [-0.4, -0.2) is 27.0 Å². The molecule has 2 rings (SSSR count). The first kappa shape index (κ1) is 19.9. The SMILES string of the molecule is Cc1ccc(NC(=O)CNS(=O)(=O)c2ccc(OC(C)C)cc2)c(C)c1. The quantitative estimate of drug-likeness (QED) is 0.778. The zero-order valence-electron chi connectivity index (χ0n) is 15.4. The van der Waals surface area contributed by atoms with E-state index in [2.05, 4.69) is 10.0 Å². The number of ether oxygens (including phenoxy) is 1. The Hall–Kier alpha value is -2.38. The summed E-state index contributed by atoms with van der Waals surface area (Å²) in [7, 11) is -3.78. The van der Waals surface area contributed by atoms with Crippen molar-refractivity contribution in [3.63, 3.8) is 0 Å². The van der Waals surface area contributed by atoms with Crippen molar-refractivity contribution in [3.05, 3.63) is 53.6 Å². The predicted molar refractivity (Wildman–Crippen MR) is 102 cm³/mol. The van der Waals surface area contributed by atoms with E-state index in [1.807, 2.05) is 39.8 Å². The minimum atomic E-state index is -3.78. The highest BCUT2D eigenvalue weighted by atomic mass is 32.2. The van der Waals surface area contributed by atoms with Crippen LogP contribution < -0.4 is 14.8 Å². The molecule has 2 aromatic rings. The third-order valence-electron chi connectivity index (χ3n) is 3.58. The summed E-state index contributed by atoms with van der Waals surface area (Å²) < 4.78 is 32.4. The molecular weight excluding hydrogens is 352 g/mol. The Morgan fingerprint density at radius 2 is 1.73 bits per heavy atom. The molecule has 0 radical (unpaired) electrons. The first-order valence-corrected chi connectivity index (χ1v) is 9.79. The Bertz CT molecular complexity index is 875. The number of nitrogens with one attached hydrogen (secondary N) is 2. The van der Waals surface area contributed by atoms with Gasteiger partial charge in [0.15, 0.2) is 0 Å². The molecule has 0 unspecified atom stereocenters. The van der Waals surface area contributed by atoms with E-state index in [1.54, 1.807) is 18.2 Å². The van der Waals surface area contributed by atoms with Crippen LogP contribution in [0.4, 0.5) is 5.69 Å². The summed E-state index contributed by atoms with van der Waals surface area (Å²) in [6.07, 6.45) is 0.00417. The normalized spacial score (nSPS) is 11.4. The average molecular weight is 376 g/mol. The summed E-state index contributed by atoms with van der Waals surface area (Å²) in [4.78, 5) is 12.1. The molecule has 2 N–H and O–H groups in total. The Balaban J connectivity index is 1.97. The number of carbonyl (C=O) groups excluding carboxylic acids is 1. The summed E-state index contributed by atoms with van der Waals surface area (Å²) >= 11 is 0. The molecule has 0 atom stereocenters. The van der Waals surface area contributed by atoms with Crippen LogP contribution in [0.5, 0.6) is 5.75 Å². The molecule has 0 aliphatic heterocycles. The van der Waals surface area contributed by atoms with Crippen molar-refractivity contribution in [2.24, 2.45) is 0 Å². The molecule has 1 amide bonds. The number of anilines is 1. The van der Waals surface area contributed by atoms with Crippen LogP contribution in [0.25, 0.3) is 0 Å². The molecule has 0 fully saturated rings. The fraction of sp³-hybridized carbons (Fsp3) is 0.316. The second kappa shape index (κ2) is 8.33. The fourth-order valence-corrected chi connectivity index (χ4v) is 3.34. The molecule has 0 saturated heterocycles. The van der Waals surface area contributed by atoms with E-state index in [1.165, 1.54) is 12.1 Å². The summed E-state index contributed by atoms with van der Waals surface area (Å²) in [6, 6.07) is 11.7. The van der Waals surface area contributed by atoms with Gasteiger partial charge in [0.05, 0.1) is 17.5 Å². The Morgan fingerprint density at radius 3 is 2.31 bits per heavy atom. The third kappa shape index (κ3) is 5.57. The van der Waals surface area contributed by atoms with Gasteiger partial charge >= 0.3 is 0 Å². The Morgan fingerprint density at radius 1 is 1.08 bits per heavy atom. The highest BCUT2D eigenvalue weighted by Gasteiger charge is 2.16. The minimum absolute atomic E-state index is 0.00417. The van der Waals surface area contributed by atoms with E-state index in [4.69, 9.17) is 4.74 Å². The Kier molecular flexibility index (Phi) is 6.39. The van der Waals surface area contributed by atoms with Crippen LogP contribution in [0.1, 0.15) is 25.0 Å². The first-order valence-electron chi connectivity index (χ1n) is 8.31. The van der Waals surface area contributed by atoms with Gasteiger partial charge in [-0.2, -0.15) is 0 Å². The fourth-order valence-electron chi connectivity index (χ4n) is 2.36. The molecule has 2 aromatic carbocycles. The molecule has 26 heavy (non-hydrogen) atoms. The molecule has 7 heteroatoms. The van der Waals surface area contributed by atoms with Gasteiger partial charge in [0.1, 0.15) is 5.75 Å². The summed E-state index contributed by atoms with van der Waals surface area (Å²) in [5, 5.41) is 2.71. The highest BCUT2D eigenvalue weighted by molar-refractivity contribution is 7.89. The molecule has 0 aromatic heterocycles. The number of amides is 1. The standard InChI is InChI=1S/C19H24N2O4S/c1-13(2)25-16-6-8-17(9-7-16)26(23,24)20-12-19(22)21-18-10-5-14(3)11-15(18)4/h5-11,13,20H,12H2,1-4H3,(H,21,22). The number of hydrogen-bond acceptors (Lipinski definition) is 4. The van der Waals surface area contributed by atoms with Gasteiger partial charge in [-0.3, -0.25) is 4.79 Å². The van der Waals surface area contributed by atoms with Crippen LogP contribution in [0, 0.1) is 13.8 Å². The molecule has 0 aliphatic rings. The van der Waals surface area contributed by atoms with Crippen LogP contribution in [0.3, 0.4) is 0 Å². The van der Waals surface area contributed by atoms with Crippen LogP contribution in [0.15, 0.2) is 47.4 Å². The summed E-state index contributed by atoms with van der Waals surface area (Å²) in [6.45, 7) is 7.28. The molecular formula is C19H24N2O4S. The zero-order chi connectivity index (χ0) is 19.3. The van der Waals surface area contributed by atoms with Crippen molar-refractivity contribution in [1.82, 2.24) is 4.72 Å². The topological polar surface area (TPSA) is 84.5 Å². The van der Waals surface area contributed by atoms with Crippen molar-refractivity contribution in [2.45, 2.75) is 38.7 Å². The van der Waals surface area contributed by atoms with E-state index in [9.17, 15) is 13.2 Å². The average Bonchev–Trinajstić information content (AvgIpc) is 2.56. The van der Waals surface area contributed by atoms with Gasteiger partial charge in [-0.25, -0.2) is 13.1 Å². The summed E-state index contributed by atoms with van der Waals surface area (Å²) in [5.74, 6) is 0.159. The molecule has 0 spiro atoms. The van der Waals surface area contributed by atoms with E-state index < -0.39 is 15.9 Å². The van der Waals surface area contributed by atoms with E-state index >= 15 is 0 Å². The molecule has 0 heterocycles. The number of aryl methyl sites for hydroxylation is 2. The van der Waals surface area contributed by atoms with Gasteiger partial charge in [-0.1, -0.05) is 17.7 Å². The van der Waals surface area contributed by atoms with Crippen molar-refractivity contribution < 1.29 is 17.9 Å². The van der Waals surface area contributed by atoms with Gasteiger partial charge < -0.3 is 10.1 Å². The van der Waals surface area contributed by atoms with Gasteiger partial charge in [0.2, 0.25) is 15.9 Å². The lowest BCUT2D eigenvalue weighted by Gasteiger charge is -2.12. The lowest BCUT2D eigenvalue weighted by atomic mass is 10.1. The van der Waals surface area contributed by atoms with Gasteiger partial charge in [-0.15, -0.1) is 0 Å². The van der Waals surface area contributed by atoms with Crippen molar-refractivity contribution in [1.29, 1.82) is 0 Å². The van der Waals surface area contributed by atoms with E-state index in [0.717, 1.165) is 11.1 Å². The zero-order valence-corrected chi connectivity index (χ0v) is 16.2. The number of carbonyl (C=O) groups is 1. The smallest absolute Gasteiger partial charge is 0.241 e. The number of benzene rings is 2. The largest absolute Gasteiger partial charge is 0.491 e. The van der Waals surface area contributed by atoms with Crippen LogP contribution in [0.2, 0.25) is 0 Å². The maximum atomic E-state index is 12.3. The second-order valence-corrected chi connectivity index (χ2v) is 8.10. The second-order valence-electron chi connectivity index (χ2n) is 6.33. The van der Waals surface area contributed by atoms with Gasteiger partial charge in [0.25, 0.3) is 0 Å². The lowest BCUT2D eigenvalue weighted by Crippen LogP contribution is -2.33. The third-order valence-corrected chi connectivity index (χ3v) is 5.00. The molecule has 140 valence electrons. The minimum Gasteiger partial charge on any atom is -0.491 e. The van der Waals surface area contributed by atoms with Crippen molar-refractivity contribution in [2.75, 3.05) is 11.9 Å².